The molecule has 0 aliphatic heterocycles. The van der Waals surface area contributed by atoms with E-state index >= 15 is 0 Å². The van der Waals surface area contributed by atoms with Gasteiger partial charge < -0.3 is 20.7 Å². The maximum absolute atomic E-state index is 13.1. The van der Waals surface area contributed by atoms with E-state index in [0.717, 1.165) is 11.3 Å². The monoisotopic (exact) mass is 333 g/mol. The largest absolute Gasteiger partial charge is 0.387 e. The predicted molar refractivity (Wildman–Crippen MR) is 88.1 cm³/mol. The van der Waals surface area contributed by atoms with E-state index in [9.17, 15) is 19.1 Å². The normalized spacial score (nSPS) is 11.8. The van der Waals surface area contributed by atoms with Crippen LogP contribution in [0, 0.1) is 19.7 Å². The van der Waals surface area contributed by atoms with Crippen molar-refractivity contribution in [1.29, 1.82) is 0 Å². The number of halogens is 1. The average Bonchev–Trinajstić information content (AvgIpc) is 2.51. The van der Waals surface area contributed by atoms with Gasteiger partial charge in [-0.25, -0.2) is 9.18 Å². The first-order valence-electron chi connectivity index (χ1n) is 7.51. The van der Waals surface area contributed by atoms with Gasteiger partial charge in [0.2, 0.25) is 0 Å². The van der Waals surface area contributed by atoms with Gasteiger partial charge in [-0.2, -0.15) is 0 Å². The molecule has 0 radical (unpaired) electrons. The SMILES string of the molecule is Cc1cc(C)c(CNC(=O)NC[C@H](O)c2cccc(F)c2)c(=O)[nH]1. The van der Waals surface area contributed by atoms with Crippen LogP contribution in [-0.2, 0) is 6.54 Å². The van der Waals surface area contributed by atoms with E-state index < -0.39 is 18.0 Å². The van der Waals surface area contributed by atoms with Crippen LogP contribution >= 0.6 is 0 Å². The van der Waals surface area contributed by atoms with Gasteiger partial charge in [-0.3, -0.25) is 4.79 Å². The van der Waals surface area contributed by atoms with Crippen molar-refractivity contribution in [3.8, 4) is 0 Å². The minimum atomic E-state index is -1.02. The van der Waals surface area contributed by atoms with Gasteiger partial charge in [0, 0.05) is 17.8 Å². The molecule has 0 saturated heterocycles. The third-order valence-electron chi connectivity index (χ3n) is 3.61. The molecular formula is C17H20FN3O3. The minimum Gasteiger partial charge on any atom is -0.387 e. The number of aromatic amines is 1. The molecule has 6 nitrogen and oxygen atoms in total. The number of aryl methyl sites for hydroxylation is 2. The van der Waals surface area contributed by atoms with Gasteiger partial charge in [0.15, 0.2) is 0 Å². The molecule has 1 aromatic carbocycles. The van der Waals surface area contributed by atoms with Crippen molar-refractivity contribution in [3.05, 3.63) is 68.9 Å². The molecule has 1 atom stereocenters. The Bertz CT molecular complexity index is 789. The van der Waals surface area contributed by atoms with Crippen LogP contribution in [0.2, 0.25) is 0 Å². The second-order valence-electron chi connectivity index (χ2n) is 5.58. The molecule has 0 aliphatic carbocycles. The number of rotatable bonds is 5. The highest BCUT2D eigenvalue weighted by Crippen LogP contribution is 2.12. The number of carbonyl (C=O) groups excluding carboxylic acids is 1. The maximum Gasteiger partial charge on any atom is 0.315 e. The van der Waals surface area contributed by atoms with E-state index in [-0.39, 0.29) is 18.6 Å². The lowest BCUT2D eigenvalue weighted by Gasteiger charge is -2.13. The number of hydrogen-bond donors (Lipinski definition) is 4. The third kappa shape index (κ3) is 4.66. The molecule has 0 saturated carbocycles. The topological polar surface area (TPSA) is 94.2 Å². The molecule has 2 aromatic rings. The zero-order valence-corrected chi connectivity index (χ0v) is 13.5. The van der Waals surface area contributed by atoms with E-state index in [1.54, 1.807) is 19.9 Å². The molecule has 0 spiro atoms. The van der Waals surface area contributed by atoms with E-state index in [1.807, 2.05) is 6.07 Å². The summed E-state index contributed by atoms with van der Waals surface area (Å²) in [4.78, 5) is 26.3. The number of pyridine rings is 1. The van der Waals surface area contributed by atoms with Crippen molar-refractivity contribution in [1.82, 2.24) is 15.6 Å². The zero-order valence-electron chi connectivity index (χ0n) is 13.5. The Kier molecular flexibility index (Phi) is 5.70. The number of nitrogens with one attached hydrogen (secondary N) is 3. The highest BCUT2D eigenvalue weighted by Gasteiger charge is 2.11. The Hall–Kier alpha value is -2.67. The molecule has 0 aliphatic rings. The Morgan fingerprint density at radius 1 is 1.29 bits per heavy atom. The molecular weight excluding hydrogens is 313 g/mol. The molecule has 0 unspecified atom stereocenters. The highest BCUT2D eigenvalue weighted by molar-refractivity contribution is 5.73. The van der Waals surface area contributed by atoms with E-state index in [4.69, 9.17) is 0 Å². The standard InChI is InChI=1S/C17H20FN3O3/c1-10-6-11(2)21-16(23)14(10)8-19-17(24)20-9-15(22)12-4-3-5-13(18)7-12/h3-7,15,22H,8-9H2,1-2H3,(H,21,23)(H2,19,20,24)/t15-/m0/s1. The van der Waals surface area contributed by atoms with E-state index in [0.29, 0.717) is 11.1 Å². The van der Waals surface area contributed by atoms with Crippen LogP contribution in [0.5, 0.6) is 0 Å². The smallest absolute Gasteiger partial charge is 0.315 e. The molecule has 2 amide bonds. The van der Waals surface area contributed by atoms with Crippen LogP contribution in [0.25, 0.3) is 0 Å². The molecule has 0 bridgehead atoms. The van der Waals surface area contributed by atoms with Gasteiger partial charge in [0.1, 0.15) is 5.82 Å². The van der Waals surface area contributed by atoms with Gasteiger partial charge >= 0.3 is 6.03 Å². The second-order valence-corrected chi connectivity index (χ2v) is 5.58. The van der Waals surface area contributed by atoms with Crippen molar-refractivity contribution in [3.63, 3.8) is 0 Å². The minimum absolute atomic E-state index is 0.0709. The lowest BCUT2D eigenvalue weighted by Crippen LogP contribution is -2.38. The molecule has 128 valence electrons. The molecule has 24 heavy (non-hydrogen) atoms. The summed E-state index contributed by atoms with van der Waals surface area (Å²) in [6, 6.07) is 6.84. The number of benzene rings is 1. The first-order chi connectivity index (χ1) is 11.4. The van der Waals surface area contributed by atoms with Crippen molar-refractivity contribution < 1.29 is 14.3 Å². The van der Waals surface area contributed by atoms with Gasteiger partial charge in [-0.15, -0.1) is 0 Å². The highest BCUT2D eigenvalue weighted by atomic mass is 19.1. The lowest BCUT2D eigenvalue weighted by atomic mass is 10.1. The Morgan fingerprint density at radius 2 is 2.04 bits per heavy atom. The molecule has 1 heterocycles. The first kappa shape index (κ1) is 17.7. The maximum atomic E-state index is 13.1. The fraction of sp³-hybridized carbons (Fsp3) is 0.294. The number of amides is 2. The summed E-state index contributed by atoms with van der Waals surface area (Å²) in [5.74, 6) is -0.454. The van der Waals surface area contributed by atoms with Gasteiger partial charge in [0.25, 0.3) is 5.56 Å². The number of aliphatic hydroxyl groups excluding tert-OH is 1. The number of H-pyrrole nitrogens is 1. The third-order valence-corrected chi connectivity index (χ3v) is 3.61. The van der Waals surface area contributed by atoms with Gasteiger partial charge in [-0.1, -0.05) is 12.1 Å². The van der Waals surface area contributed by atoms with Crippen LogP contribution in [0.4, 0.5) is 9.18 Å². The summed E-state index contributed by atoms with van der Waals surface area (Å²) in [5.41, 5.74) is 2.15. The molecule has 7 heteroatoms. The van der Waals surface area contributed by atoms with Crippen LogP contribution in [-0.4, -0.2) is 22.7 Å². The fourth-order valence-corrected chi connectivity index (χ4v) is 2.35. The summed E-state index contributed by atoms with van der Waals surface area (Å²) < 4.78 is 13.1. The summed E-state index contributed by atoms with van der Waals surface area (Å²) >= 11 is 0. The molecule has 0 fully saturated rings. The van der Waals surface area contributed by atoms with Gasteiger partial charge in [0.05, 0.1) is 12.6 Å². The zero-order chi connectivity index (χ0) is 17.7. The number of aromatic nitrogens is 1. The van der Waals surface area contributed by atoms with Crippen LogP contribution < -0.4 is 16.2 Å². The van der Waals surface area contributed by atoms with Gasteiger partial charge in [-0.05, 0) is 43.2 Å². The molecule has 4 N–H and O–H groups in total. The Balaban J connectivity index is 1.87. The number of hydrogen-bond acceptors (Lipinski definition) is 3. The average molecular weight is 333 g/mol. The van der Waals surface area contributed by atoms with Crippen LogP contribution in [0.1, 0.15) is 28.5 Å². The van der Waals surface area contributed by atoms with Crippen molar-refractivity contribution >= 4 is 6.03 Å². The number of carbonyl (C=O) groups is 1. The summed E-state index contributed by atoms with van der Waals surface area (Å²) in [5, 5.41) is 15.0. The lowest BCUT2D eigenvalue weighted by molar-refractivity contribution is 0.172. The number of urea groups is 1. The predicted octanol–water partition coefficient (Wildman–Crippen LogP) is 1.66. The van der Waals surface area contributed by atoms with Crippen molar-refractivity contribution in [2.24, 2.45) is 0 Å². The molecule has 2 rings (SSSR count). The summed E-state index contributed by atoms with van der Waals surface area (Å²) in [7, 11) is 0. The van der Waals surface area contributed by atoms with E-state index in [2.05, 4.69) is 15.6 Å². The van der Waals surface area contributed by atoms with Crippen molar-refractivity contribution in [2.45, 2.75) is 26.5 Å². The molecule has 1 aromatic heterocycles. The Labute approximate surface area is 138 Å². The number of aliphatic hydroxyl groups is 1. The fourth-order valence-electron chi connectivity index (χ4n) is 2.35. The summed E-state index contributed by atoms with van der Waals surface area (Å²) in [6.45, 7) is 3.58. The summed E-state index contributed by atoms with van der Waals surface area (Å²) in [6.07, 6.45) is -1.02. The Morgan fingerprint density at radius 3 is 2.71 bits per heavy atom. The second kappa shape index (κ2) is 7.74. The first-order valence-corrected chi connectivity index (χ1v) is 7.51. The van der Waals surface area contributed by atoms with E-state index in [1.165, 1.54) is 18.2 Å². The van der Waals surface area contributed by atoms with Crippen molar-refractivity contribution in [2.75, 3.05) is 6.54 Å². The van der Waals surface area contributed by atoms with Crippen LogP contribution in [0.3, 0.4) is 0 Å². The van der Waals surface area contributed by atoms with Crippen LogP contribution in [0.15, 0.2) is 35.1 Å². The quantitative estimate of drug-likeness (QED) is 0.670.